The number of carbonyl (C=O) groups is 1. The highest BCUT2D eigenvalue weighted by Crippen LogP contribution is 2.41. The number of fused-ring (bicyclic) bond motifs is 3. The highest BCUT2D eigenvalue weighted by Gasteiger charge is 2.33. The molecule has 0 bridgehead atoms. The van der Waals surface area contributed by atoms with E-state index >= 15 is 0 Å². The van der Waals surface area contributed by atoms with Gasteiger partial charge in [-0.25, -0.2) is 9.97 Å². The van der Waals surface area contributed by atoms with Gasteiger partial charge in [-0.2, -0.15) is 0 Å². The summed E-state index contributed by atoms with van der Waals surface area (Å²) in [6, 6.07) is 0. The summed E-state index contributed by atoms with van der Waals surface area (Å²) in [6.45, 7) is 10.8. The maximum Gasteiger partial charge on any atom is 0.233 e. The number of carbonyl (C=O) groups excluding carboxylic acids is 1. The molecule has 1 atom stereocenters. The van der Waals surface area contributed by atoms with E-state index in [1.54, 1.807) is 11.3 Å². The second-order valence-corrected chi connectivity index (χ2v) is 10.2. The molecule has 0 unspecified atom stereocenters. The molecule has 8 heteroatoms. The first-order valence-electron chi connectivity index (χ1n) is 11.0. The largest absolute Gasteiger partial charge is 0.383 e. The number of thioether (sulfide) groups is 1. The fraction of sp³-hybridized carbons (Fsp3) is 0.682. The van der Waals surface area contributed by atoms with Gasteiger partial charge in [-0.1, -0.05) is 45.4 Å². The van der Waals surface area contributed by atoms with Gasteiger partial charge in [-0.15, -0.1) is 11.3 Å². The molecule has 2 N–H and O–H groups in total. The van der Waals surface area contributed by atoms with E-state index in [-0.39, 0.29) is 11.5 Å². The summed E-state index contributed by atoms with van der Waals surface area (Å²) >= 11 is 3.02. The molecule has 0 spiro atoms. The van der Waals surface area contributed by atoms with Crippen LogP contribution in [0.1, 0.15) is 70.2 Å². The number of rotatable bonds is 10. The molecule has 0 fully saturated rings. The van der Waals surface area contributed by atoms with Crippen LogP contribution in [0, 0.1) is 0 Å². The summed E-state index contributed by atoms with van der Waals surface area (Å²) in [6.07, 6.45) is 6.03. The van der Waals surface area contributed by atoms with Gasteiger partial charge >= 0.3 is 0 Å². The average Bonchev–Trinajstić information content (AvgIpc) is 3.09. The number of anilines is 1. The third-order valence-electron chi connectivity index (χ3n) is 5.83. The molecule has 30 heavy (non-hydrogen) atoms. The van der Waals surface area contributed by atoms with Gasteiger partial charge in [-0.3, -0.25) is 4.79 Å². The second-order valence-electron chi connectivity index (χ2n) is 8.22. The Morgan fingerprint density at radius 3 is 2.57 bits per heavy atom. The highest BCUT2D eigenvalue weighted by atomic mass is 32.2. The molecular formula is C22H34N4O2S2. The number of thiophene rings is 1. The van der Waals surface area contributed by atoms with Crippen LogP contribution in [0.25, 0.3) is 10.2 Å². The van der Waals surface area contributed by atoms with Crippen LogP contribution in [0.3, 0.4) is 0 Å². The quantitative estimate of drug-likeness (QED) is 0.404. The molecule has 1 aliphatic heterocycles. The van der Waals surface area contributed by atoms with E-state index in [1.807, 2.05) is 4.90 Å². The number of aromatic nitrogens is 2. The Morgan fingerprint density at radius 2 is 1.93 bits per heavy atom. The molecule has 0 saturated heterocycles. The van der Waals surface area contributed by atoms with Crippen molar-refractivity contribution in [1.82, 2.24) is 14.9 Å². The lowest BCUT2D eigenvalue weighted by Gasteiger charge is -2.33. The number of nitrogen functional groups attached to an aromatic ring is 1. The van der Waals surface area contributed by atoms with Gasteiger partial charge in [-0.05, 0) is 31.7 Å². The summed E-state index contributed by atoms with van der Waals surface area (Å²) in [5, 5.41) is 1.55. The predicted octanol–water partition coefficient (Wildman–Crippen LogP) is 5.04. The number of amides is 1. The van der Waals surface area contributed by atoms with E-state index < -0.39 is 0 Å². The SMILES string of the molecule is CCCCN(CCCC)C(=O)CSc1nc(N)c2c3c(sc2n1)CO[C@](C)(CC)C3. The molecule has 0 radical (unpaired) electrons. The Bertz CT molecular complexity index is 878. The molecule has 3 heterocycles. The van der Waals surface area contributed by atoms with Crippen LogP contribution in [0.5, 0.6) is 0 Å². The van der Waals surface area contributed by atoms with Gasteiger partial charge in [0.15, 0.2) is 5.16 Å². The summed E-state index contributed by atoms with van der Waals surface area (Å²) in [4.78, 5) is 26.1. The summed E-state index contributed by atoms with van der Waals surface area (Å²) < 4.78 is 6.08. The molecule has 166 valence electrons. The van der Waals surface area contributed by atoms with Crippen LogP contribution < -0.4 is 5.73 Å². The summed E-state index contributed by atoms with van der Waals surface area (Å²) in [5.74, 6) is 1.02. The average molecular weight is 451 g/mol. The molecule has 2 aromatic rings. The normalized spacial score (nSPS) is 18.5. The first-order chi connectivity index (χ1) is 14.4. The molecule has 2 aromatic heterocycles. The Balaban J connectivity index is 1.74. The molecule has 6 nitrogen and oxygen atoms in total. The molecular weight excluding hydrogens is 416 g/mol. The van der Waals surface area contributed by atoms with E-state index in [1.165, 1.54) is 22.2 Å². The van der Waals surface area contributed by atoms with E-state index in [2.05, 4.69) is 32.7 Å². The first kappa shape index (κ1) is 23.3. The van der Waals surface area contributed by atoms with Gasteiger partial charge in [0.25, 0.3) is 0 Å². The second kappa shape index (κ2) is 10.3. The number of nitrogens with two attached hydrogens (primary N) is 1. The zero-order valence-electron chi connectivity index (χ0n) is 18.6. The number of nitrogens with zero attached hydrogens (tertiary/aromatic N) is 3. The molecule has 0 saturated carbocycles. The van der Waals surface area contributed by atoms with Crippen LogP contribution in [-0.4, -0.2) is 45.2 Å². The summed E-state index contributed by atoms with van der Waals surface area (Å²) in [5.41, 5.74) is 7.44. The van der Waals surface area contributed by atoms with Crippen LogP contribution in [0.4, 0.5) is 5.82 Å². The maximum absolute atomic E-state index is 12.7. The van der Waals surface area contributed by atoms with Crippen LogP contribution in [-0.2, 0) is 22.6 Å². The zero-order chi connectivity index (χ0) is 21.7. The standard InChI is InChI=1S/C22H34N4O2S2/c1-5-8-10-26(11-9-6-2)17(27)14-29-21-24-19(23)18-15-12-22(4,7-3)28-13-16(15)30-20(18)25-21/h5-14H2,1-4H3,(H2,23,24,25)/t22-/m1/s1. The third-order valence-corrected chi connectivity index (χ3v) is 7.76. The smallest absolute Gasteiger partial charge is 0.233 e. The first-order valence-corrected chi connectivity index (χ1v) is 12.8. The number of ether oxygens (including phenoxy) is 1. The molecule has 1 aliphatic rings. The Kier molecular flexibility index (Phi) is 7.98. The van der Waals surface area contributed by atoms with Crippen molar-refractivity contribution in [2.75, 3.05) is 24.6 Å². The van der Waals surface area contributed by atoms with Crippen LogP contribution in [0.15, 0.2) is 5.16 Å². The van der Waals surface area contributed by atoms with Gasteiger partial charge in [0, 0.05) is 24.4 Å². The minimum atomic E-state index is -0.159. The van der Waals surface area contributed by atoms with Crippen LogP contribution >= 0.6 is 23.1 Å². The minimum Gasteiger partial charge on any atom is -0.383 e. The lowest BCUT2D eigenvalue weighted by molar-refractivity contribution is -0.128. The maximum atomic E-state index is 12.7. The van der Waals surface area contributed by atoms with E-state index in [9.17, 15) is 4.79 Å². The fourth-order valence-electron chi connectivity index (χ4n) is 3.65. The van der Waals surface area contributed by atoms with Gasteiger partial charge in [0.1, 0.15) is 10.6 Å². The number of unbranched alkanes of at least 4 members (excludes halogenated alkanes) is 2. The van der Waals surface area contributed by atoms with Crippen molar-refractivity contribution in [3.05, 3.63) is 10.4 Å². The predicted molar refractivity (Wildman–Crippen MR) is 126 cm³/mol. The molecule has 3 rings (SSSR count). The van der Waals surface area contributed by atoms with E-state index in [0.29, 0.717) is 23.3 Å². The van der Waals surface area contributed by atoms with Gasteiger partial charge in [0.05, 0.1) is 23.3 Å². The van der Waals surface area contributed by atoms with Crippen molar-refractivity contribution in [2.45, 2.75) is 83.6 Å². The van der Waals surface area contributed by atoms with Crippen molar-refractivity contribution >= 4 is 45.0 Å². The molecule has 0 aromatic carbocycles. The topological polar surface area (TPSA) is 81.3 Å². The van der Waals surface area contributed by atoms with Crippen molar-refractivity contribution in [2.24, 2.45) is 0 Å². The van der Waals surface area contributed by atoms with Crippen molar-refractivity contribution in [3.63, 3.8) is 0 Å². The number of hydrogen-bond donors (Lipinski definition) is 1. The van der Waals surface area contributed by atoms with E-state index in [4.69, 9.17) is 15.5 Å². The van der Waals surface area contributed by atoms with Gasteiger partial charge in [0.2, 0.25) is 5.91 Å². The van der Waals surface area contributed by atoms with Crippen molar-refractivity contribution in [1.29, 1.82) is 0 Å². The van der Waals surface area contributed by atoms with E-state index in [0.717, 1.165) is 61.8 Å². The summed E-state index contributed by atoms with van der Waals surface area (Å²) in [7, 11) is 0. The third kappa shape index (κ3) is 5.26. The molecule has 0 aliphatic carbocycles. The Labute approximate surface area is 188 Å². The lowest BCUT2D eigenvalue weighted by atomic mass is 9.90. The zero-order valence-corrected chi connectivity index (χ0v) is 20.3. The Morgan fingerprint density at radius 1 is 1.23 bits per heavy atom. The van der Waals surface area contributed by atoms with Gasteiger partial charge < -0.3 is 15.4 Å². The van der Waals surface area contributed by atoms with Crippen molar-refractivity contribution in [3.8, 4) is 0 Å². The lowest BCUT2D eigenvalue weighted by Crippen LogP contribution is -2.34. The van der Waals surface area contributed by atoms with Crippen LogP contribution in [0.2, 0.25) is 0 Å². The monoisotopic (exact) mass is 450 g/mol. The fourth-order valence-corrected chi connectivity index (χ4v) is 5.57. The Hall–Kier alpha value is -1.38. The number of hydrogen-bond acceptors (Lipinski definition) is 7. The molecule has 1 amide bonds. The highest BCUT2D eigenvalue weighted by molar-refractivity contribution is 7.99. The van der Waals surface area contributed by atoms with Crippen molar-refractivity contribution < 1.29 is 9.53 Å². The minimum absolute atomic E-state index is 0.154.